The Morgan fingerprint density at radius 3 is 2.26 bits per heavy atom. The van der Waals surface area contributed by atoms with Gasteiger partial charge < -0.3 is 32.9 Å². The van der Waals surface area contributed by atoms with Gasteiger partial charge in [-0.3, -0.25) is 9.79 Å². The molecule has 1 fully saturated rings. The van der Waals surface area contributed by atoms with Crippen LogP contribution in [-0.2, 0) is 4.79 Å². The zero-order valence-electron chi connectivity index (χ0n) is 23.9. The van der Waals surface area contributed by atoms with Gasteiger partial charge in [-0.25, -0.2) is 9.97 Å². The summed E-state index contributed by atoms with van der Waals surface area (Å²) in [6.45, 7) is 2.42. The van der Waals surface area contributed by atoms with Crippen LogP contribution in [0.25, 0.3) is 22.0 Å². The smallest absolute Gasteiger partial charge is 0.228 e. The minimum Gasteiger partial charge on any atom is -0.400 e. The molecule has 42 heavy (non-hydrogen) atoms. The quantitative estimate of drug-likeness (QED) is 0.211. The number of hydrogen-bond donors (Lipinski definition) is 6. The van der Waals surface area contributed by atoms with Gasteiger partial charge >= 0.3 is 0 Å². The Kier molecular flexibility index (Phi) is 13.2. The Labute approximate surface area is 245 Å². The highest BCUT2D eigenvalue weighted by Gasteiger charge is 2.24. The van der Waals surface area contributed by atoms with Crippen LogP contribution in [0.15, 0.2) is 78.2 Å². The Bertz CT molecular complexity index is 1400. The molecule has 1 aliphatic carbocycles. The van der Waals surface area contributed by atoms with Gasteiger partial charge in [0.2, 0.25) is 5.91 Å². The van der Waals surface area contributed by atoms with Crippen molar-refractivity contribution in [1.82, 2.24) is 25.5 Å². The second-order valence-electron chi connectivity index (χ2n) is 9.50. The highest BCUT2D eigenvalue weighted by molar-refractivity contribution is 5.99. The molecule has 0 spiro atoms. The fraction of sp³-hybridized carbons (Fsp3) is 0.333. The van der Waals surface area contributed by atoms with Crippen molar-refractivity contribution in [3.63, 3.8) is 0 Å². The van der Waals surface area contributed by atoms with Gasteiger partial charge in [0, 0.05) is 48.1 Å². The van der Waals surface area contributed by atoms with Crippen LogP contribution in [-0.4, -0.2) is 69.8 Å². The van der Waals surface area contributed by atoms with Crippen LogP contribution < -0.4 is 27.8 Å². The number of nitrogens with one attached hydrogen (secondary N) is 2. The molecule has 12 heteroatoms. The van der Waals surface area contributed by atoms with Crippen molar-refractivity contribution in [3.8, 4) is 11.3 Å². The molecule has 6 rings (SSSR count). The molecule has 1 amide bonds. The minimum atomic E-state index is 0.0469. The Morgan fingerprint density at radius 2 is 1.67 bits per heavy atom. The fourth-order valence-electron chi connectivity index (χ4n) is 4.49. The van der Waals surface area contributed by atoms with Gasteiger partial charge in [0.05, 0.1) is 13.1 Å². The van der Waals surface area contributed by atoms with Gasteiger partial charge in [-0.05, 0) is 31.7 Å². The predicted molar refractivity (Wildman–Crippen MR) is 167 cm³/mol. The SMILES string of the molecule is CO.NC1CCC(C(=O)Nc2ccncn2)CC1.NCC1=NCCN1.Nc1nnc(-c2ccccc2)c2ccccc12. The number of nitrogens with zero attached hydrogens (tertiary/aromatic N) is 5. The standard InChI is InChI=1S/C14H11N3.C11H16N4O.C4H9N3.CH4O/c15-14-12-9-5-4-8-11(12)13(16-17-14)10-6-2-1-3-7-10;12-9-3-1-8(2-4-9)11(16)15-10-5-6-13-7-14-10;5-3-4-6-1-2-7-4;1-2/h1-9H,(H2,15,17);5-9H,1-4,12H2,(H,13,14,15,16);1-3,5H2,(H,6,7);2H,1H3. The molecule has 0 saturated heterocycles. The Balaban J connectivity index is 0.000000180. The number of fused-ring (bicyclic) bond motifs is 1. The van der Waals surface area contributed by atoms with Crippen LogP contribution >= 0.6 is 0 Å². The molecule has 3 heterocycles. The molecule has 12 nitrogen and oxygen atoms in total. The average molecular weight is 573 g/mol. The Hall–Kier alpha value is -4.52. The second-order valence-corrected chi connectivity index (χ2v) is 9.50. The summed E-state index contributed by atoms with van der Waals surface area (Å²) in [7, 11) is 1.00. The normalized spacial score (nSPS) is 17.1. The molecule has 1 aliphatic heterocycles. The summed E-state index contributed by atoms with van der Waals surface area (Å²) in [5.41, 5.74) is 18.8. The van der Waals surface area contributed by atoms with E-state index in [0.29, 0.717) is 18.2 Å². The number of rotatable bonds is 4. The second kappa shape index (κ2) is 17.3. The number of hydrogen-bond acceptors (Lipinski definition) is 11. The number of aliphatic imine (C=N–C) groups is 1. The maximum Gasteiger partial charge on any atom is 0.228 e. The van der Waals surface area contributed by atoms with E-state index in [1.165, 1.54) is 6.33 Å². The van der Waals surface area contributed by atoms with Crippen LogP contribution in [0.2, 0.25) is 0 Å². The maximum absolute atomic E-state index is 11.9. The first-order valence-corrected chi connectivity index (χ1v) is 13.9. The first-order valence-electron chi connectivity index (χ1n) is 13.9. The first kappa shape index (κ1) is 32.0. The Morgan fingerprint density at radius 1 is 0.976 bits per heavy atom. The van der Waals surface area contributed by atoms with E-state index in [-0.39, 0.29) is 17.9 Å². The third kappa shape index (κ3) is 9.54. The topological polar surface area (TPSA) is 203 Å². The molecule has 2 aromatic heterocycles. The molecule has 0 radical (unpaired) electrons. The number of aliphatic hydroxyl groups excluding tert-OH is 1. The van der Waals surface area contributed by atoms with Gasteiger partial charge in [0.1, 0.15) is 23.7 Å². The van der Waals surface area contributed by atoms with Gasteiger partial charge in [0.25, 0.3) is 0 Å². The molecular formula is C30H40N10O2. The van der Waals surface area contributed by atoms with Crippen LogP contribution in [0.5, 0.6) is 0 Å². The van der Waals surface area contributed by atoms with Crippen molar-refractivity contribution in [2.75, 3.05) is 37.8 Å². The summed E-state index contributed by atoms with van der Waals surface area (Å²) in [5.74, 6) is 2.11. The predicted octanol–water partition coefficient (Wildman–Crippen LogP) is 2.37. The van der Waals surface area contributed by atoms with E-state index in [1.54, 1.807) is 12.3 Å². The number of amidine groups is 1. The fourth-order valence-corrected chi connectivity index (χ4v) is 4.49. The summed E-state index contributed by atoms with van der Waals surface area (Å²) >= 11 is 0. The molecule has 2 aliphatic rings. The number of benzene rings is 2. The van der Waals surface area contributed by atoms with Crippen molar-refractivity contribution in [2.24, 2.45) is 22.4 Å². The summed E-state index contributed by atoms with van der Waals surface area (Å²) in [5, 5.41) is 23.0. The largest absolute Gasteiger partial charge is 0.400 e. The van der Waals surface area contributed by atoms with E-state index < -0.39 is 0 Å². The van der Waals surface area contributed by atoms with E-state index in [9.17, 15) is 4.79 Å². The summed E-state index contributed by atoms with van der Waals surface area (Å²) in [6.07, 6.45) is 6.64. The van der Waals surface area contributed by atoms with Gasteiger partial charge in [-0.15, -0.1) is 10.2 Å². The number of carbonyl (C=O) groups is 1. The van der Waals surface area contributed by atoms with E-state index >= 15 is 0 Å². The molecule has 222 valence electrons. The van der Waals surface area contributed by atoms with Crippen molar-refractivity contribution in [1.29, 1.82) is 0 Å². The number of amides is 1. The minimum absolute atomic E-state index is 0.0469. The van der Waals surface area contributed by atoms with E-state index in [2.05, 4.69) is 35.8 Å². The van der Waals surface area contributed by atoms with Crippen LogP contribution in [0, 0.1) is 5.92 Å². The number of aromatic nitrogens is 4. The summed E-state index contributed by atoms with van der Waals surface area (Å²) in [6, 6.07) is 19.9. The monoisotopic (exact) mass is 572 g/mol. The lowest BCUT2D eigenvalue weighted by Gasteiger charge is -2.24. The zero-order chi connectivity index (χ0) is 30.2. The number of nitrogens with two attached hydrogens (primary N) is 3. The van der Waals surface area contributed by atoms with E-state index in [0.717, 1.165) is 73.7 Å². The third-order valence-electron chi connectivity index (χ3n) is 6.68. The molecule has 1 saturated carbocycles. The zero-order valence-corrected chi connectivity index (χ0v) is 23.9. The molecule has 0 unspecified atom stereocenters. The molecule has 0 bridgehead atoms. The lowest BCUT2D eigenvalue weighted by molar-refractivity contribution is -0.120. The first-order chi connectivity index (χ1) is 20.5. The van der Waals surface area contributed by atoms with Gasteiger partial charge in [0.15, 0.2) is 5.82 Å². The van der Waals surface area contributed by atoms with Crippen molar-refractivity contribution in [2.45, 2.75) is 31.7 Å². The highest BCUT2D eigenvalue weighted by atomic mass is 16.2. The van der Waals surface area contributed by atoms with Crippen LogP contribution in [0.3, 0.4) is 0 Å². The molecule has 9 N–H and O–H groups in total. The lowest BCUT2D eigenvalue weighted by Crippen LogP contribution is -2.32. The molecular weight excluding hydrogens is 532 g/mol. The number of anilines is 2. The van der Waals surface area contributed by atoms with Crippen LogP contribution in [0.1, 0.15) is 25.7 Å². The molecule has 2 aromatic carbocycles. The lowest BCUT2D eigenvalue weighted by atomic mass is 9.86. The highest BCUT2D eigenvalue weighted by Crippen LogP contribution is 2.28. The van der Waals surface area contributed by atoms with Crippen LogP contribution in [0.4, 0.5) is 11.6 Å². The van der Waals surface area contributed by atoms with Crippen molar-refractivity contribution < 1.29 is 9.90 Å². The number of carbonyl (C=O) groups excluding carboxylic acids is 1. The maximum atomic E-state index is 11.9. The third-order valence-corrected chi connectivity index (χ3v) is 6.68. The molecule has 4 aromatic rings. The van der Waals surface area contributed by atoms with E-state index in [4.69, 9.17) is 22.3 Å². The summed E-state index contributed by atoms with van der Waals surface area (Å²) < 4.78 is 0. The number of nitrogen functional groups attached to an aromatic ring is 1. The van der Waals surface area contributed by atoms with Gasteiger partial charge in [-0.1, -0.05) is 54.6 Å². The van der Waals surface area contributed by atoms with Crippen molar-refractivity contribution in [3.05, 3.63) is 73.2 Å². The average Bonchev–Trinajstić information content (AvgIpc) is 3.59. The van der Waals surface area contributed by atoms with Gasteiger partial charge in [-0.2, -0.15) is 0 Å². The van der Waals surface area contributed by atoms with Crippen molar-refractivity contribution >= 4 is 34.2 Å². The van der Waals surface area contributed by atoms with E-state index in [1.807, 2.05) is 54.6 Å². The number of aliphatic hydroxyl groups is 1. The molecule has 0 atom stereocenters. The summed E-state index contributed by atoms with van der Waals surface area (Å²) in [4.78, 5) is 23.7.